The highest BCUT2D eigenvalue weighted by molar-refractivity contribution is 6.61. The van der Waals surface area contributed by atoms with Gasteiger partial charge in [-0.15, -0.1) is 11.6 Å². The largest absolute Gasteiger partial charge is 0.449 e. The summed E-state index contributed by atoms with van der Waals surface area (Å²) in [5.41, 5.74) is -0.810. The Labute approximate surface area is 64.1 Å². The Bertz CT molecular complexity index is 103. The molecule has 2 atom stereocenters. The maximum atomic E-state index is 10.0. The Morgan fingerprint density at radius 2 is 2.00 bits per heavy atom. The number of hydrogen-bond donors (Lipinski definition) is 0. The molecule has 0 N–H and O–H groups in total. The van der Waals surface area contributed by atoms with E-state index in [4.69, 9.17) is 23.2 Å². The zero-order valence-electron chi connectivity index (χ0n) is 5.23. The number of halogens is 2. The summed E-state index contributed by atoms with van der Waals surface area (Å²) in [6.45, 7) is 3.41. The van der Waals surface area contributed by atoms with Gasteiger partial charge in [-0.05, 0) is 13.8 Å². The quantitative estimate of drug-likeness (QED) is 0.470. The smallest absolute Gasteiger partial charge is 0.404 e. The minimum atomic E-state index is -0.810. The molecule has 0 saturated heterocycles. The van der Waals surface area contributed by atoms with E-state index in [-0.39, 0.29) is 11.5 Å². The molecule has 0 bridgehead atoms. The lowest BCUT2D eigenvalue weighted by molar-refractivity contribution is 0.131. The zero-order chi connectivity index (χ0) is 7.44. The lowest BCUT2D eigenvalue weighted by atomic mass is 10.3. The van der Waals surface area contributed by atoms with E-state index in [1.807, 2.05) is 0 Å². The third-order valence-corrected chi connectivity index (χ3v) is 1.37. The molecule has 0 unspecified atom stereocenters. The number of carbonyl (C=O) groups is 1. The van der Waals surface area contributed by atoms with E-state index < -0.39 is 5.43 Å². The van der Waals surface area contributed by atoms with Crippen molar-refractivity contribution in [3.63, 3.8) is 0 Å². The molecule has 0 spiro atoms. The van der Waals surface area contributed by atoms with Crippen LogP contribution in [-0.4, -0.2) is 16.9 Å². The highest BCUT2D eigenvalue weighted by Crippen LogP contribution is 2.06. The molecule has 0 aliphatic heterocycles. The van der Waals surface area contributed by atoms with Crippen LogP contribution in [0, 0.1) is 0 Å². The normalized spacial score (nSPS) is 16.4. The van der Waals surface area contributed by atoms with Gasteiger partial charge in [0.15, 0.2) is 0 Å². The minimum absolute atomic E-state index is 0.201. The monoisotopic (exact) mass is 170 g/mol. The predicted octanol–water partition coefficient (Wildman–Crippen LogP) is 2.38. The molecule has 0 aliphatic carbocycles. The summed E-state index contributed by atoms with van der Waals surface area (Å²) in [5, 5.41) is -0.201. The van der Waals surface area contributed by atoms with Gasteiger partial charge < -0.3 is 4.74 Å². The number of hydrogen-bond acceptors (Lipinski definition) is 2. The van der Waals surface area contributed by atoms with Gasteiger partial charge in [0.1, 0.15) is 6.10 Å². The first kappa shape index (κ1) is 9.05. The topological polar surface area (TPSA) is 26.3 Å². The van der Waals surface area contributed by atoms with Gasteiger partial charge in [-0.25, -0.2) is 4.79 Å². The van der Waals surface area contributed by atoms with Crippen LogP contribution in [0.15, 0.2) is 0 Å². The van der Waals surface area contributed by atoms with Crippen molar-refractivity contribution in [1.82, 2.24) is 0 Å². The first-order chi connectivity index (χ1) is 4.04. The molecule has 0 aromatic rings. The predicted molar refractivity (Wildman–Crippen MR) is 37.1 cm³/mol. The Morgan fingerprint density at radius 1 is 1.56 bits per heavy atom. The molecule has 9 heavy (non-hydrogen) atoms. The van der Waals surface area contributed by atoms with Crippen molar-refractivity contribution >= 4 is 28.6 Å². The Balaban J connectivity index is 3.50. The van der Waals surface area contributed by atoms with Gasteiger partial charge in [-0.2, -0.15) is 0 Å². The standard InChI is InChI=1S/C5H8Cl2O2/c1-3(6)4(2)9-5(7)8/h3-4H,1-2H3/t3-,4+/m1/s1. The van der Waals surface area contributed by atoms with E-state index >= 15 is 0 Å². The highest BCUT2D eigenvalue weighted by Gasteiger charge is 2.11. The number of ether oxygens (including phenoxy) is 1. The van der Waals surface area contributed by atoms with Gasteiger partial charge in [0.25, 0.3) is 0 Å². The second-order valence-electron chi connectivity index (χ2n) is 1.74. The van der Waals surface area contributed by atoms with Crippen molar-refractivity contribution in [2.75, 3.05) is 0 Å². The Kier molecular flexibility index (Phi) is 3.98. The van der Waals surface area contributed by atoms with E-state index in [0.29, 0.717) is 0 Å². The highest BCUT2D eigenvalue weighted by atomic mass is 35.5. The summed E-state index contributed by atoms with van der Waals surface area (Å²) >= 11 is 10.4. The summed E-state index contributed by atoms with van der Waals surface area (Å²) < 4.78 is 4.51. The molecule has 0 fully saturated rings. The van der Waals surface area contributed by atoms with Crippen LogP contribution in [0.3, 0.4) is 0 Å². The third kappa shape index (κ3) is 4.55. The molecular weight excluding hydrogens is 163 g/mol. The molecule has 54 valence electrons. The van der Waals surface area contributed by atoms with E-state index in [9.17, 15) is 4.79 Å². The van der Waals surface area contributed by atoms with Crippen LogP contribution in [0.5, 0.6) is 0 Å². The van der Waals surface area contributed by atoms with Crippen molar-refractivity contribution < 1.29 is 9.53 Å². The average molecular weight is 171 g/mol. The summed E-state index contributed by atoms with van der Waals surface area (Å²) in [4.78, 5) is 10.0. The van der Waals surface area contributed by atoms with Gasteiger partial charge in [0, 0.05) is 11.6 Å². The molecule has 4 heteroatoms. The molecule has 0 radical (unpaired) electrons. The van der Waals surface area contributed by atoms with Crippen molar-refractivity contribution in [3.8, 4) is 0 Å². The van der Waals surface area contributed by atoms with Crippen LogP contribution in [0.25, 0.3) is 0 Å². The second kappa shape index (κ2) is 3.96. The molecule has 0 aliphatic rings. The van der Waals surface area contributed by atoms with Crippen LogP contribution < -0.4 is 0 Å². The molecule has 0 aromatic heterocycles. The van der Waals surface area contributed by atoms with Crippen LogP contribution in [0.1, 0.15) is 13.8 Å². The van der Waals surface area contributed by atoms with E-state index in [1.165, 1.54) is 0 Å². The maximum Gasteiger partial charge on any atom is 0.404 e. The summed E-state index contributed by atoms with van der Waals surface area (Å²) in [6, 6.07) is 0. The van der Waals surface area contributed by atoms with Crippen LogP contribution in [0.4, 0.5) is 4.79 Å². The molecule has 0 amide bonds. The molecule has 0 rings (SSSR count). The maximum absolute atomic E-state index is 10.0. The van der Waals surface area contributed by atoms with Gasteiger partial charge >= 0.3 is 5.43 Å². The lowest BCUT2D eigenvalue weighted by Crippen LogP contribution is -2.18. The zero-order valence-corrected chi connectivity index (χ0v) is 6.74. The summed E-state index contributed by atoms with van der Waals surface area (Å²) in [6.07, 6.45) is -0.323. The van der Waals surface area contributed by atoms with E-state index in [0.717, 1.165) is 0 Å². The van der Waals surface area contributed by atoms with Crippen molar-refractivity contribution in [3.05, 3.63) is 0 Å². The van der Waals surface area contributed by atoms with Crippen molar-refractivity contribution in [1.29, 1.82) is 0 Å². The first-order valence-corrected chi connectivity index (χ1v) is 3.35. The number of alkyl halides is 1. The lowest BCUT2D eigenvalue weighted by Gasteiger charge is -2.11. The minimum Gasteiger partial charge on any atom is -0.449 e. The number of rotatable bonds is 2. The van der Waals surface area contributed by atoms with Crippen molar-refractivity contribution in [2.24, 2.45) is 0 Å². The van der Waals surface area contributed by atoms with Crippen LogP contribution in [0.2, 0.25) is 0 Å². The number of carbonyl (C=O) groups excluding carboxylic acids is 1. The van der Waals surface area contributed by atoms with Crippen molar-refractivity contribution in [2.45, 2.75) is 25.3 Å². The first-order valence-electron chi connectivity index (χ1n) is 2.54. The second-order valence-corrected chi connectivity index (χ2v) is 2.74. The van der Waals surface area contributed by atoms with Gasteiger partial charge in [0.2, 0.25) is 0 Å². The average Bonchev–Trinajstić information content (AvgIpc) is 1.63. The fourth-order valence-electron chi connectivity index (χ4n) is 0.240. The van der Waals surface area contributed by atoms with Gasteiger partial charge in [-0.1, -0.05) is 0 Å². The van der Waals surface area contributed by atoms with Crippen LogP contribution >= 0.6 is 23.2 Å². The molecule has 0 aromatic carbocycles. The Morgan fingerprint density at radius 3 is 2.11 bits per heavy atom. The van der Waals surface area contributed by atoms with E-state index in [2.05, 4.69) is 4.74 Å². The molecule has 0 heterocycles. The summed E-state index contributed by atoms with van der Waals surface area (Å²) in [7, 11) is 0. The molecule has 2 nitrogen and oxygen atoms in total. The molecule has 0 saturated carbocycles. The molecular formula is C5H8Cl2O2. The Hall–Kier alpha value is 0.0500. The summed E-state index contributed by atoms with van der Waals surface area (Å²) in [5.74, 6) is 0. The fourth-order valence-corrected chi connectivity index (χ4v) is 0.432. The van der Waals surface area contributed by atoms with E-state index in [1.54, 1.807) is 13.8 Å². The SMILES string of the molecule is C[C@H](OC(=O)Cl)[C@@H](C)Cl. The van der Waals surface area contributed by atoms with Gasteiger partial charge in [-0.3, -0.25) is 0 Å². The third-order valence-electron chi connectivity index (χ3n) is 0.925. The van der Waals surface area contributed by atoms with Gasteiger partial charge in [0.05, 0.1) is 5.38 Å². The van der Waals surface area contributed by atoms with Crippen LogP contribution in [-0.2, 0) is 4.74 Å². The fraction of sp³-hybridized carbons (Fsp3) is 0.800.